The molecule has 9 heteroatoms. The summed E-state index contributed by atoms with van der Waals surface area (Å²) in [5, 5.41) is 20.6. The van der Waals surface area contributed by atoms with E-state index in [4.69, 9.17) is 4.74 Å². The van der Waals surface area contributed by atoms with Crippen molar-refractivity contribution < 1.29 is 19.7 Å². The highest BCUT2D eigenvalue weighted by Gasteiger charge is 2.43. The maximum absolute atomic E-state index is 12.1. The van der Waals surface area contributed by atoms with E-state index in [0.29, 0.717) is 6.42 Å². The molecule has 0 amide bonds. The van der Waals surface area contributed by atoms with Crippen molar-refractivity contribution in [2.45, 2.75) is 37.9 Å². The lowest BCUT2D eigenvalue weighted by Gasteiger charge is -2.19. The van der Waals surface area contributed by atoms with Gasteiger partial charge in [0, 0.05) is 6.20 Å². The first-order valence-corrected chi connectivity index (χ1v) is 11.3. The Hall–Kier alpha value is -1.73. The van der Waals surface area contributed by atoms with Gasteiger partial charge in [0.2, 0.25) is 0 Å². The predicted octanol–water partition coefficient (Wildman–Crippen LogP) is -0.143. The molecule has 26 heavy (non-hydrogen) atoms. The second-order valence-electron chi connectivity index (χ2n) is 7.19. The maximum Gasteiger partial charge on any atom is 0.330 e. The average Bonchev–Trinajstić information content (AvgIpc) is 2.79. The summed E-state index contributed by atoms with van der Waals surface area (Å²) >= 11 is 0. The molecule has 0 bridgehead atoms. The molecular weight excluding hydrogens is 359 g/mol. The lowest BCUT2D eigenvalue weighted by molar-refractivity contribution is -0.112. The van der Waals surface area contributed by atoms with Gasteiger partial charge < -0.3 is 14.9 Å². The molecule has 2 heterocycles. The minimum atomic E-state index is -1.33. The Bertz CT molecular complexity index is 865. The number of aromatic nitrogens is 2. The Morgan fingerprint density at radius 2 is 2.04 bits per heavy atom. The standard InChI is InChI=1S/C17H25N2O6P/c1-10(20)5-6-11-9-19(17(24)18-15(11)23)16-14(22)13(21)12(25-16)7-8-26(2,3)4/h5-6,9,12-14,16,21-22H,2,7-8H2,1,3-4H3,(H,18,23,24)/b6-5+/t12-,13-,14?,16-/m1/s1. The van der Waals surface area contributed by atoms with Gasteiger partial charge in [-0.05, 0) is 45.0 Å². The van der Waals surface area contributed by atoms with Crippen LogP contribution in [0.4, 0.5) is 0 Å². The monoisotopic (exact) mass is 384 g/mol. The molecular formula is C17H25N2O6P. The summed E-state index contributed by atoms with van der Waals surface area (Å²) in [6, 6.07) is 0. The summed E-state index contributed by atoms with van der Waals surface area (Å²) in [6.07, 6.45) is 4.83. The Balaban J connectivity index is 2.31. The molecule has 4 atom stereocenters. The Morgan fingerprint density at radius 3 is 2.62 bits per heavy atom. The fraction of sp³-hybridized carbons (Fsp3) is 0.529. The van der Waals surface area contributed by atoms with E-state index in [1.54, 1.807) is 0 Å². The van der Waals surface area contributed by atoms with E-state index < -0.39 is 42.7 Å². The maximum atomic E-state index is 12.1. The largest absolute Gasteiger partial charge is 0.388 e. The molecule has 144 valence electrons. The van der Waals surface area contributed by atoms with Crippen LogP contribution in [-0.4, -0.2) is 69.7 Å². The smallest absolute Gasteiger partial charge is 0.330 e. The molecule has 1 aromatic heterocycles. The minimum absolute atomic E-state index is 0.0679. The van der Waals surface area contributed by atoms with Gasteiger partial charge in [0.05, 0.1) is 11.7 Å². The van der Waals surface area contributed by atoms with Crippen molar-refractivity contribution in [3.63, 3.8) is 0 Å². The molecule has 2 rings (SSSR count). The normalized spacial score (nSPS) is 26.5. The van der Waals surface area contributed by atoms with Gasteiger partial charge in [-0.15, -0.1) is 13.2 Å². The molecule has 1 saturated heterocycles. The molecule has 0 saturated carbocycles. The number of carbonyl (C=O) groups is 1. The van der Waals surface area contributed by atoms with Gasteiger partial charge in [-0.25, -0.2) is 4.79 Å². The van der Waals surface area contributed by atoms with Crippen molar-refractivity contribution in [3.05, 3.63) is 38.7 Å². The van der Waals surface area contributed by atoms with Gasteiger partial charge in [0.25, 0.3) is 5.56 Å². The number of aromatic amines is 1. The summed E-state index contributed by atoms with van der Waals surface area (Å²) in [6.45, 7) is 4.12. The van der Waals surface area contributed by atoms with E-state index >= 15 is 0 Å². The van der Waals surface area contributed by atoms with Crippen LogP contribution in [0.2, 0.25) is 0 Å². The number of hydrogen-bond donors (Lipinski definition) is 3. The third kappa shape index (κ3) is 4.92. The van der Waals surface area contributed by atoms with E-state index in [1.165, 1.54) is 25.3 Å². The van der Waals surface area contributed by atoms with Crippen LogP contribution in [0.5, 0.6) is 0 Å². The van der Waals surface area contributed by atoms with Crippen LogP contribution in [0, 0.1) is 0 Å². The van der Waals surface area contributed by atoms with E-state index in [2.05, 4.69) is 24.6 Å². The molecule has 1 aromatic rings. The Labute approximate surface area is 151 Å². The molecule has 1 aliphatic heterocycles. The van der Waals surface area contributed by atoms with Crippen molar-refractivity contribution in [2.24, 2.45) is 0 Å². The first-order valence-electron chi connectivity index (χ1n) is 8.22. The number of ether oxygens (including phenoxy) is 1. The number of hydrogen-bond acceptors (Lipinski definition) is 6. The summed E-state index contributed by atoms with van der Waals surface area (Å²) < 4.78 is 6.74. The molecule has 0 aromatic carbocycles. The van der Waals surface area contributed by atoms with Crippen molar-refractivity contribution >= 4 is 25.0 Å². The van der Waals surface area contributed by atoms with E-state index in [9.17, 15) is 24.6 Å². The third-order valence-corrected chi connectivity index (χ3v) is 5.59. The van der Waals surface area contributed by atoms with E-state index in [0.717, 1.165) is 10.7 Å². The first-order chi connectivity index (χ1) is 12.0. The Morgan fingerprint density at radius 1 is 1.38 bits per heavy atom. The second kappa shape index (κ2) is 7.88. The average molecular weight is 384 g/mol. The van der Waals surface area contributed by atoms with Crippen LogP contribution in [0.15, 0.2) is 21.9 Å². The molecule has 3 N–H and O–H groups in total. The van der Waals surface area contributed by atoms with Crippen molar-refractivity contribution in [2.75, 3.05) is 19.5 Å². The lowest BCUT2D eigenvalue weighted by atomic mass is 10.1. The van der Waals surface area contributed by atoms with Crippen LogP contribution in [0.3, 0.4) is 0 Å². The fourth-order valence-corrected chi connectivity index (χ4v) is 3.64. The highest BCUT2D eigenvalue weighted by Crippen LogP contribution is 2.39. The molecule has 0 radical (unpaired) electrons. The number of nitrogens with zero attached hydrogens (tertiary/aromatic N) is 1. The SMILES string of the molecule is C=P(C)(C)CC[C@H]1O[C@@H](n2cc(/C=C/C(C)=O)c(=O)[nH]c2=O)C(O)[C@@H]1O. The number of rotatable bonds is 6. The van der Waals surface area contributed by atoms with Gasteiger partial charge in [0.1, 0.15) is 12.2 Å². The Kier molecular flexibility index (Phi) is 6.24. The number of ketones is 1. The number of allylic oxidation sites excluding steroid dienone is 1. The lowest BCUT2D eigenvalue weighted by Crippen LogP contribution is -2.38. The molecule has 1 fully saturated rings. The zero-order valence-electron chi connectivity index (χ0n) is 15.1. The highest BCUT2D eigenvalue weighted by molar-refractivity contribution is 7.72. The van der Waals surface area contributed by atoms with Gasteiger partial charge in [-0.3, -0.25) is 19.1 Å². The van der Waals surface area contributed by atoms with Crippen molar-refractivity contribution in [1.29, 1.82) is 0 Å². The van der Waals surface area contributed by atoms with Crippen LogP contribution < -0.4 is 11.2 Å². The first kappa shape index (κ1) is 20.6. The zero-order chi connectivity index (χ0) is 19.6. The number of H-pyrrole nitrogens is 1. The number of nitrogens with one attached hydrogen (secondary N) is 1. The van der Waals surface area contributed by atoms with Gasteiger partial charge in [-0.2, -0.15) is 0 Å². The number of carbonyl (C=O) groups excluding carboxylic acids is 1. The highest BCUT2D eigenvalue weighted by atomic mass is 31.2. The minimum Gasteiger partial charge on any atom is -0.388 e. The molecule has 0 spiro atoms. The van der Waals surface area contributed by atoms with Crippen LogP contribution in [0.1, 0.15) is 25.1 Å². The van der Waals surface area contributed by atoms with E-state index in [-0.39, 0.29) is 11.3 Å². The topological polar surface area (TPSA) is 122 Å². The van der Waals surface area contributed by atoms with Crippen LogP contribution >= 0.6 is 6.89 Å². The molecule has 0 aliphatic carbocycles. The summed E-state index contributed by atoms with van der Waals surface area (Å²) in [7, 11) is 0. The predicted molar refractivity (Wildman–Crippen MR) is 102 cm³/mol. The molecule has 1 aliphatic rings. The van der Waals surface area contributed by atoms with Crippen LogP contribution in [0.25, 0.3) is 6.08 Å². The number of aliphatic hydroxyl groups excluding tert-OH is 2. The summed E-state index contributed by atoms with van der Waals surface area (Å²) in [4.78, 5) is 37.2. The molecule has 1 unspecified atom stereocenters. The van der Waals surface area contributed by atoms with Gasteiger partial charge >= 0.3 is 5.69 Å². The van der Waals surface area contributed by atoms with Gasteiger partial charge in [0.15, 0.2) is 12.0 Å². The van der Waals surface area contributed by atoms with E-state index in [1.807, 2.05) is 0 Å². The van der Waals surface area contributed by atoms with Crippen molar-refractivity contribution in [3.8, 4) is 0 Å². The molecule has 8 nitrogen and oxygen atoms in total. The van der Waals surface area contributed by atoms with Gasteiger partial charge in [-0.1, -0.05) is 0 Å². The number of aliphatic hydroxyl groups is 2. The summed E-state index contributed by atoms with van der Waals surface area (Å²) in [5.41, 5.74) is -1.35. The third-order valence-electron chi connectivity index (χ3n) is 4.12. The summed E-state index contributed by atoms with van der Waals surface area (Å²) in [5.74, 6) is -0.256. The fourth-order valence-electron chi connectivity index (χ4n) is 2.69. The zero-order valence-corrected chi connectivity index (χ0v) is 16.0. The van der Waals surface area contributed by atoms with Crippen LogP contribution in [-0.2, 0) is 9.53 Å². The second-order valence-corrected chi connectivity index (χ2v) is 11.5. The quantitative estimate of drug-likeness (QED) is 0.464. The van der Waals surface area contributed by atoms with Crippen molar-refractivity contribution in [1.82, 2.24) is 9.55 Å².